The van der Waals surface area contributed by atoms with Crippen molar-refractivity contribution in [3.8, 4) is 23.0 Å². The number of carbonyl (C=O) groups is 1. The number of methoxy groups -OCH3 is 4. The minimum atomic E-state index is -3.63. The topological polar surface area (TPSA) is 103 Å². The fourth-order valence-electron chi connectivity index (χ4n) is 3.62. The van der Waals surface area contributed by atoms with Crippen LogP contribution in [0.1, 0.15) is 18.4 Å². The molecule has 2 aromatic rings. The second-order valence-electron chi connectivity index (χ2n) is 7.22. The Morgan fingerprint density at radius 3 is 2.15 bits per heavy atom. The number of amides is 1. The van der Waals surface area contributed by atoms with Crippen molar-refractivity contribution in [1.29, 1.82) is 0 Å². The number of hydrogen-bond donors (Lipinski definition) is 1. The molecule has 3 rings (SSSR count). The SMILES string of the molecule is COc1ccc(S(=O)(=O)N2CCCC2)cc1NC(=O)/C=C/c1ccc(OC)c(OC)c1OC. The number of hydrogen-bond acceptors (Lipinski definition) is 7. The van der Waals surface area contributed by atoms with Gasteiger partial charge < -0.3 is 24.3 Å². The normalized spacial score (nSPS) is 14.3. The first-order chi connectivity index (χ1) is 15.8. The minimum Gasteiger partial charge on any atom is -0.495 e. The van der Waals surface area contributed by atoms with Crippen LogP contribution in [0.4, 0.5) is 5.69 Å². The van der Waals surface area contributed by atoms with E-state index in [4.69, 9.17) is 18.9 Å². The molecule has 10 heteroatoms. The van der Waals surface area contributed by atoms with Crippen LogP contribution in [0.15, 0.2) is 41.3 Å². The maximum atomic E-state index is 12.9. The van der Waals surface area contributed by atoms with Crippen LogP contribution in [-0.4, -0.2) is 60.2 Å². The van der Waals surface area contributed by atoms with Crippen LogP contribution in [0.5, 0.6) is 23.0 Å². The molecule has 178 valence electrons. The van der Waals surface area contributed by atoms with E-state index in [1.807, 2.05) is 0 Å². The Labute approximate surface area is 193 Å². The first-order valence-corrected chi connectivity index (χ1v) is 11.8. The summed E-state index contributed by atoms with van der Waals surface area (Å²) in [5.74, 6) is 1.19. The zero-order valence-corrected chi connectivity index (χ0v) is 19.9. The molecule has 1 aliphatic heterocycles. The third-order valence-corrected chi connectivity index (χ3v) is 7.18. The molecule has 0 aromatic heterocycles. The third-order valence-electron chi connectivity index (χ3n) is 5.28. The van der Waals surface area contributed by atoms with Gasteiger partial charge in [-0.3, -0.25) is 4.79 Å². The lowest BCUT2D eigenvalue weighted by atomic mass is 10.1. The number of carbonyl (C=O) groups excluding carboxylic acids is 1. The summed E-state index contributed by atoms with van der Waals surface area (Å²) in [6, 6.07) is 7.85. The van der Waals surface area contributed by atoms with Gasteiger partial charge in [-0.15, -0.1) is 0 Å². The molecule has 1 N–H and O–H groups in total. The summed E-state index contributed by atoms with van der Waals surface area (Å²) in [5, 5.41) is 2.69. The van der Waals surface area contributed by atoms with Gasteiger partial charge in [0.05, 0.1) is 39.0 Å². The molecule has 1 fully saturated rings. The van der Waals surface area contributed by atoms with Crippen molar-refractivity contribution in [1.82, 2.24) is 4.31 Å². The summed E-state index contributed by atoms with van der Waals surface area (Å²) in [7, 11) is 2.32. The van der Waals surface area contributed by atoms with Gasteiger partial charge in [0.25, 0.3) is 0 Å². The number of benzene rings is 2. The van der Waals surface area contributed by atoms with E-state index in [1.54, 1.807) is 18.2 Å². The fraction of sp³-hybridized carbons (Fsp3) is 0.348. The monoisotopic (exact) mass is 476 g/mol. The first kappa shape index (κ1) is 24.4. The van der Waals surface area contributed by atoms with E-state index in [9.17, 15) is 13.2 Å². The molecule has 0 spiro atoms. The van der Waals surface area contributed by atoms with Crippen LogP contribution < -0.4 is 24.3 Å². The van der Waals surface area contributed by atoms with E-state index in [2.05, 4.69) is 5.32 Å². The van der Waals surface area contributed by atoms with E-state index in [1.165, 1.54) is 57.0 Å². The molecule has 0 aliphatic carbocycles. The van der Waals surface area contributed by atoms with Gasteiger partial charge in [0, 0.05) is 24.7 Å². The van der Waals surface area contributed by atoms with Gasteiger partial charge in [0.15, 0.2) is 11.5 Å². The van der Waals surface area contributed by atoms with Crippen LogP contribution in [0, 0.1) is 0 Å². The first-order valence-electron chi connectivity index (χ1n) is 10.3. The molecule has 33 heavy (non-hydrogen) atoms. The largest absolute Gasteiger partial charge is 0.495 e. The summed E-state index contributed by atoms with van der Waals surface area (Å²) in [6.07, 6.45) is 4.55. The highest BCUT2D eigenvalue weighted by atomic mass is 32.2. The Morgan fingerprint density at radius 1 is 0.909 bits per heavy atom. The number of nitrogens with one attached hydrogen (secondary N) is 1. The smallest absolute Gasteiger partial charge is 0.248 e. The molecule has 1 aliphatic rings. The predicted octanol–water partition coefficient (Wildman–Crippen LogP) is 3.16. The fourth-order valence-corrected chi connectivity index (χ4v) is 5.16. The molecular formula is C23H28N2O7S. The molecule has 2 aromatic carbocycles. The maximum absolute atomic E-state index is 12.9. The summed E-state index contributed by atoms with van der Waals surface area (Å²) in [4.78, 5) is 12.7. The number of nitrogens with zero attached hydrogens (tertiary/aromatic N) is 1. The lowest BCUT2D eigenvalue weighted by molar-refractivity contribution is -0.111. The second-order valence-corrected chi connectivity index (χ2v) is 9.16. The van der Waals surface area contributed by atoms with E-state index in [0.29, 0.717) is 41.7 Å². The van der Waals surface area contributed by atoms with Gasteiger partial charge in [-0.25, -0.2) is 8.42 Å². The van der Waals surface area contributed by atoms with Crippen molar-refractivity contribution in [2.75, 3.05) is 46.8 Å². The van der Waals surface area contributed by atoms with Crippen molar-refractivity contribution in [2.45, 2.75) is 17.7 Å². The van der Waals surface area contributed by atoms with Crippen LogP contribution in [0.2, 0.25) is 0 Å². The van der Waals surface area contributed by atoms with E-state index < -0.39 is 15.9 Å². The standard InChI is InChI=1S/C23H28N2O7S/c1-29-19-11-9-17(33(27,28)25-13-5-6-14-25)15-18(19)24-21(26)12-8-16-7-10-20(30-2)23(32-4)22(16)31-3/h7-12,15H,5-6,13-14H2,1-4H3,(H,24,26)/b12-8+. The van der Waals surface area contributed by atoms with Crippen molar-refractivity contribution in [3.63, 3.8) is 0 Å². The molecular weight excluding hydrogens is 448 g/mol. The van der Waals surface area contributed by atoms with Gasteiger partial charge in [-0.05, 0) is 49.2 Å². The third kappa shape index (κ3) is 5.23. The van der Waals surface area contributed by atoms with Crippen LogP contribution >= 0.6 is 0 Å². The predicted molar refractivity (Wildman–Crippen MR) is 125 cm³/mol. The Kier molecular flexibility index (Phi) is 7.83. The molecule has 0 radical (unpaired) electrons. The van der Waals surface area contributed by atoms with Gasteiger partial charge in [0.2, 0.25) is 21.7 Å². The van der Waals surface area contributed by atoms with Crippen molar-refractivity contribution < 1.29 is 32.2 Å². The van der Waals surface area contributed by atoms with E-state index in [0.717, 1.165) is 12.8 Å². The lowest BCUT2D eigenvalue weighted by Crippen LogP contribution is -2.28. The lowest BCUT2D eigenvalue weighted by Gasteiger charge is -2.17. The van der Waals surface area contributed by atoms with Crippen LogP contribution in [-0.2, 0) is 14.8 Å². The number of ether oxygens (including phenoxy) is 4. The molecule has 0 saturated carbocycles. The van der Waals surface area contributed by atoms with Crippen molar-refractivity contribution in [2.24, 2.45) is 0 Å². The van der Waals surface area contributed by atoms with E-state index >= 15 is 0 Å². The molecule has 0 unspecified atom stereocenters. The minimum absolute atomic E-state index is 0.103. The molecule has 0 atom stereocenters. The molecule has 1 heterocycles. The Morgan fingerprint density at radius 2 is 1.55 bits per heavy atom. The molecule has 9 nitrogen and oxygen atoms in total. The molecule has 1 saturated heterocycles. The highest BCUT2D eigenvalue weighted by Gasteiger charge is 2.28. The highest BCUT2D eigenvalue weighted by molar-refractivity contribution is 7.89. The zero-order chi connectivity index (χ0) is 24.0. The average Bonchev–Trinajstić information content (AvgIpc) is 3.38. The summed E-state index contributed by atoms with van der Waals surface area (Å²) in [5.41, 5.74) is 0.856. The number of rotatable bonds is 9. The van der Waals surface area contributed by atoms with Crippen LogP contribution in [0.3, 0.4) is 0 Å². The van der Waals surface area contributed by atoms with Gasteiger partial charge >= 0.3 is 0 Å². The van der Waals surface area contributed by atoms with Crippen molar-refractivity contribution in [3.05, 3.63) is 42.0 Å². The van der Waals surface area contributed by atoms with Crippen molar-refractivity contribution >= 4 is 27.7 Å². The summed E-state index contributed by atoms with van der Waals surface area (Å²) >= 11 is 0. The van der Waals surface area contributed by atoms with E-state index in [-0.39, 0.29) is 10.6 Å². The Bertz CT molecular complexity index is 1140. The van der Waals surface area contributed by atoms with Gasteiger partial charge in [-0.1, -0.05) is 0 Å². The maximum Gasteiger partial charge on any atom is 0.248 e. The van der Waals surface area contributed by atoms with Gasteiger partial charge in [0.1, 0.15) is 5.75 Å². The highest BCUT2D eigenvalue weighted by Crippen LogP contribution is 2.40. The number of sulfonamides is 1. The quantitative estimate of drug-likeness (QED) is 0.555. The second kappa shape index (κ2) is 10.6. The number of anilines is 1. The zero-order valence-electron chi connectivity index (χ0n) is 19.1. The Balaban J connectivity index is 1.85. The summed E-state index contributed by atoms with van der Waals surface area (Å²) < 4.78 is 48.6. The van der Waals surface area contributed by atoms with Crippen LogP contribution in [0.25, 0.3) is 6.08 Å². The Hall–Kier alpha value is -3.24. The molecule has 0 bridgehead atoms. The van der Waals surface area contributed by atoms with Gasteiger partial charge in [-0.2, -0.15) is 4.31 Å². The average molecular weight is 477 g/mol. The molecule has 1 amide bonds. The summed E-state index contributed by atoms with van der Waals surface area (Å²) in [6.45, 7) is 0.984.